The molecule has 0 bridgehead atoms. The van der Waals surface area contributed by atoms with Crippen LogP contribution in [0.1, 0.15) is 31.2 Å². The molecule has 0 unspecified atom stereocenters. The third-order valence-corrected chi connectivity index (χ3v) is 4.59. The van der Waals surface area contributed by atoms with Crippen LogP contribution in [0.25, 0.3) is 0 Å². The molecule has 94 valence electrons. The summed E-state index contributed by atoms with van der Waals surface area (Å²) in [5, 5.41) is 0.733. The maximum Gasteiger partial charge on any atom is 0.123 e. The van der Waals surface area contributed by atoms with Gasteiger partial charge in [0.2, 0.25) is 0 Å². The van der Waals surface area contributed by atoms with E-state index in [0.29, 0.717) is 0 Å². The van der Waals surface area contributed by atoms with E-state index in [2.05, 4.69) is 12.6 Å². The SMILES string of the molecule is Cc1ccc(Cl)cc1OCC1(CS)CCCC1. The highest BCUT2D eigenvalue weighted by Crippen LogP contribution is 2.39. The summed E-state index contributed by atoms with van der Waals surface area (Å²) in [6, 6.07) is 5.80. The van der Waals surface area contributed by atoms with Gasteiger partial charge in [0.15, 0.2) is 0 Å². The van der Waals surface area contributed by atoms with Crippen LogP contribution in [0.4, 0.5) is 0 Å². The summed E-state index contributed by atoms with van der Waals surface area (Å²) in [6.07, 6.45) is 5.07. The van der Waals surface area contributed by atoms with Crippen LogP contribution in [0.15, 0.2) is 18.2 Å². The monoisotopic (exact) mass is 270 g/mol. The topological polar surface area (TPSA) is 9.23 Å². The highest BCUT2D eigenvalue weighted by molar-refractivity contribution is 7.80. The fourth-order valence-corrected chi connectivity index (χ4v) is 3.00. The smallest absolute Gasteiger partial charge is 0.123 e. The normalized spacial score (nSPS) is 18.3. The Kier molecular flexibility index (Phi) is 4.26. The Balaban J connectivity index is 2.03. The third kappa shape index (κ3) is 3.11. The van der Waals surface area contributed by atoms with E-state index in [1.54, 1.807) is 0 Å². The van der Waals surface area contributed by atoms with Crippen molar-refractivity contribution in [3.63, 3.8) is 0 Å². The molecule has 0 atom stereocenters. The lowest BCUT2D eigenvalue weighted by Crippen LogP contribution is -2.27. The summed E-state index contributed by atoms with van der Waals surface area (Å²) in [4.78, 5) is 0. The quantitative estimate of drug-likeness (QED) is 0.792. The molecular formula is C14H19ClOS. The molecule has 1 aromatic rings. The van der Waals surface area contributed by atoms with Crippen LogP contribution in [0, 0.1) is 12.3 Å². The Labute approximate surface area is 114 Å². The zero-order chi connectivity index (χ0) is 12.3. The van der Waals surface area contributed by atoms with E-state index in [1.165, 1.54) is 25.7 Å². The Morgan fingerprint density at radius 2 is 2.06 bits per heavy atom. The molecule has 0 radical (unpaired) electrons. The zero-order valence-electron chi connectivity index (χ0n) is 10.2. The van der Waals surface area contributed by atoms with Gasteiger partial charge in [-0.05, 0) is 43.2 Å². The van der Waals surface area contributed by atoms with Crippen molar-refractivity contribution < 1.29 is 4.74 Å². The first-order valence-electron chi connectivity index (χ1n) is 6.15. The molecule has 0 amide bonds. The van der Waals surface area contributed by atoms with Crippen LogP contribution in [0.5, 0.6) is 5.75 Å². The van der Waals surface area contributed by atoms with Crippen molar-refractivity contribution in [2.45, 2.75) is 32.6 Å². The van der Waals surface area contributed by atoms with Crippen molar-refractivity contribution in [1.82, 2.24) is 0 Å². The van der Waals surface area contributed by atoms with Crippen LogP contribution in [0.2, 0.25) is 5.02 Å². The van der Waals surface area contributed by atoms with Crippen molar-refractivity contribution in [3.05, 3.63) is 28.8 Å². The average molecular weight is 271 g/mol. The maximum absolute atomic E-state index is 5.99. The first kappa shape index (κ1) is 13.1. The molecule has 1 aromatic carbocycles. The van der Waals surface area contributed by atoms with Crippen molar-refractivity contribution in [1.29, 1.82) is 0 Å². The van der Waals surface area contributed by atoms with Gasteiger partial charge in [-0.3, -0.25) is 0 Å². The van der Waals surface area contributed by atoms with E-state index in [-0.39, 0.29) is 5.41 Å². The summed E-state index contributed by atoms with van der Waals surface area (Å²) in [7, 11) is 0. The lowest BCUT2D eigenvalue weighted by atomic mass is 9.90. The molecule has 3 heteroatoms. The zero-order valence-corrected chi connectivity index (χ0v) is 11.9. The van der Waals surface area contributed by atoms with Crippen molar-refractivity contribution in [2.24, 2.45) is 5.41 Å². The average Bonchev–Trinajstić information content (AvgIpc) is 2.80. The molecule has 0 saturated heterocycles. The van der Waals surface area contributed by atoms with E-state index >= 15 is 0 Å². The van der Waals surface area contributed by atoms with Crippen molar-refractivity contribution in [3.8, 4) is 5.75 Å². The number of hydrogen-bond acceptors (Lipinski definition) is 2. The lowest BCUT2D eigenvalue weighted by molar-refractivity contribution is 0.172. The van der Waals surface area contributed by atoms with Crippen molar-refractivity contribution in [2.75, 3.05) is 12.4 Å². The minimum Gasteiger partial charge on any atom is -0.493 e. The Morgan fingerprint density at radius 3 is 2.71 bits per heavy atom. The molecule has 1 fully saturated rings. The molecule has 1 aliphatic rings. The highest BCUT2D eigenvalue weighted by Gasteiger charge is 2.33. The molecule has 0 heterocycles. The molecule has 0 aliphatic heterocycles. The van der Waals surface area contributed by atoms with Gasteiger partial charge in [0.05, 0.1) is 6.61 Å². The first-order chi connectivity index (χ1) is 8.15. The molecular weight excluding hydrogens is 252 g/mol. The molecule has 1 aliphatic carbocycles. The predicted molar refractivity (Wildman–Crippen MR) is 76.4 cm³/mol. The van der Waals surface area contributed by atoms with Gasteiger partial charge in [0.25, 0.3) is 0 Å². The molecule has 0 aromatic heterocycles. The van der Waals surface area contributed by atoms with Crippen LogP contribution in [-0.4, -0.2) is 12.4 Å². The van der Waals surface area contributed by atoms with Gasteiger partial charge < -0.3 is 4.74 Å². The van der Waals surface area contributed by atoms with E-state index in [9.17, 15) is 0 Å². The highest BCUT2D eigenvalue weighted by atomic mass is 35.5. The Hall–Kier alpha value is -0.340. The second kappa shape index (κ2) is 5.53. The number of benzene rings is 1. The maximum atomic E-state index is 5.99. The fraction of sp³-hybridized carbons (Fsp3) is 0.571. The third-order valence-electron chi connectivity index (χ3n) is 3.68. The second-order valence-electron chi connectivity index (χ2n) is 5.06. The van der Waals surface area contributed by atoms with Gasteiger partial charge in [0.1, 0.15) is 5.75 Å². The summed E-state index contributed by atoms with van der Waals surface area (Å²) in [6.45, 7) is 2.81. The van der Waals surface area contributed by atoms with Crippen LogP contribution in [0.3, 0.4) is 0 Å². The lowest BCUT2D eigenvalue weighted by Gasteiger charge is -2.27. The molecule has 1 saturated carbocycles. The minimum atomic E-state index is 0.276. The van der Waals surface area contributed by atoms with Gasteiger partial charge in [-0.15, -0.1) is 0 Å². The van der Waals surface area contributed by atoms with Gasteiger partial charge in [-0.25, -0.2) is 0 Å². The number of aryl methyl sites for hydroxylation is 1. The first-order valence-corrected chi connectivity index (χ1v) is 7.16. The molecule has 0 spiro atoms. The number of thiol groups is 1. The molecule has 0 N–H and O–H groups in total. The van der Waals surface area contributed by atoms with Gasteiger partial charge in [-0.1, -0.05) is 30.5 Å². The largest absolute Gasteiger partial charge is 0.493 e. The Bertz CT molecular complexity index is 386. The van der Waals surface area contributed by atoms with E-state index in [0.717, 1.165) is 28.7 Å². The molecule has 1 nitrogen and oxygen atoms in total. The summed E-state index contributed by atoms with van der Waals surface area (Å²) < 4.78 is 5.96. The Morgan fingerprint density at radius 1 is 1.35 bits per heavy atom. The minimum absolute atomic E-state index is 0.276. The second-order valence-corrected chi connectivity index (χ2v) is 5.82. The van der Waals surface area contributed by atoms with Crippen LogP contribution < -0.4 is 4.74 Å². The van der Waals surface area contributed by atoms with Crippen molar-refractivity contribution >= 4 is 24.2 Å². The predicted octanol–water partition coefficient (Wildman–Crippen LogP) is 4.52. The molecule has 17 heavy (non-hydrogen) atoms. The number of rotatable bonds is 4. The standard InChI is InChI=1S/C14H19ClOS/c1-11-4-5-12(15)8-13(11)16-9-14(10-17)6-2-3-7-14/h4-5,8,17H,2-3,6-7,9-10H2,1H3. The summed E-state index contributed by atoms with van der Waals surface area (Å²) in [5.41, 5.74) is 1.42. The fourth-order valence-electron chi connectivity index (χ4n) is 2.43. The van der Waals surface area contributed by atoms with E-state index in [1.807, 2.05) is 25.1 Å². The van der Waals surface area contributed by atoms with E-state index < -0.39 is 0 Å². The summed E-state index contributed by atoms with van der Waals surface area (Å²) in [5.74, 6) is 1.82. The van der Waals surface area contributed by atoms with Gasteiger partial charge in [-0.2, -0.15) is 12.6 Å². The van der Waals surface area contributed by atoms with Crippen LogP contribution >= 0.6 is 24.2 Å². The van der Waals surface area contributed by atoms with E-state index in [4.69, 9.17) is 16.3 Å². The molecule has 2 rings (SSSR count). The van der Waals surface area contributed by atoms with Crippen LogP contribution in [-0.2, 0) is 0 Å². The number of ether oxygens (including phenoxy) is 1. The van der Waals surface area contributed by atoms with Gasteiger partial charge >= 0.3 is 0 Å². The van der Waals surface area contributed by atoms with Gasteiger partial charge in [0, 0.05) is 10.4 Å². The summed E-state index contributed by atoms with van der Waals surface area (Å²) >= 11 is 10.5. The number of hydrogen-bond donors (Lipinski definition) is 1. The number of halogens is 1.